The Balaban J connectivity index is 4.15. The molecule has 0 aliphatic carbocycles. The van der Waals surface area contributed by atoms with Crippen molar-refractivity contribution < 1.29 is 24.1 Å². The summed E-state index contributed by atoms with van der Waals surface area (Å²) in [5, 5.41) is 2.70. The van der Waals surface area contributed by atoms with Gasteiger partial charge in [-0.25, -0.2) is 0 Å². The standard InChI is InChI=1S/C8H11NO.W/c1-4-5-6-7(2)9-8(3)10;/h2,4-6H,1,3H3,(H,9,10);. The Labute approximate surface area is 77.8 Å². The molecule has 0 unspecified atom stereocenters. The first-order valence-electron chi connectivity index (χ1n) is 3.26. The third-order valence-electron chi connectivity index (χ3n) is 0.916. The molecule has 0 saturated carbocycles. The molecule has 2 nitrogen and oxygen atoms in total. The molecule has 1 amide bonds. The van der Waals surface area contributed by atoms with E-state index in [1.165, 1.54) is 26.3 Å². The van der Waals surface area contributed by atoms with Gasteiger partial charge in [0, 0.05) is 0 Å². The molecular weight excluding hydrogens is 310 g/mol. The third kappa shape index (κ3) is 5.93. The summed E-state index contributed by atoms with van der Waals surface area (Å²) < 4.78 is 1.93. The molecule has 0 saturated heterocycles. The first-order chi connectivity index (χ1) is 5.20. The van der Waals surface area contributed by atoms with Crippen LogP contribution in [-0.4, -0.2) is 10.3 Å². The van der Waals surface area contributed by atoms with Crippen LogP contribution in [0.4, 0.5) is 0 Å². The van der Waals surface area contributed by atoms with Gasteiger partial charge in [0.25, 0.3) is 0 Å². The molecule has 0 rings (SSSR count). The van der Waals surface area contributed by atoms with E-state index < -0.39 is 0 Å². The minimum absolute atomic E-state index is 0.0294. The monoisotopic (exact) mass is 321 g/mol. The molecule has 0 radical (unpaired) electrons. The zero-order valence-electron chi connectivity index (χ0n) is 6.63. The fourth-order valence-corrected chi connectivity index (χ4v) is 1.01. The van der Waals surface area contributed by atoms with Gasteiger partial charge in [0.1, 0.15) is 0 Å². The molecule has 60 valence electrons. The SMILES string of the molecule is CC=CC=C([CH]=[W])NC(C)=O. The summed E-state index contributed by atoms with van der Waals surface area (Å²) in [6.07, 6.45) is 5.68. The van der Waals surface area contributed by atoms with Gasteiger partial charge in [-0.2, -0.15) is 0 Å². The predicted octanol–water partition coefficient (Wildman–Crippen LogP) is 0.931. The number of carbonyl (C=O) groups is 1. The van der Waals surface area contributed by atoms with Gasteiger partial charge in [0.2, 0.25) is 0 Å². The molecule has 1 N–H and O–H groups in total. The van der Waals surface area contributed by atoms with Gasteiger partial charge in [0.15, 0.2) is 0 Å². The van der Waals surface area contributed by atoms with E-state index in [1.54, 1.807) is 0 Å². The molecule has 3 heteroatoms. The van der Waals surface area contributed by atoms with E-state index in [9.17, 15) is 4.79 Å². The number of rotatable bonds is 3. The maximum atomic E-state index is 10.6. The average Bonchev–Trinajstić information content (AvgIpc) is 1.97. The zero-order valence-corrected chi connectivity index (χ0v) is 9.56. The first-order valence-corrected chi connectivity index (χ1v) is 4.95. The van der Waals surface area contributed by atoms with Crippen LogP contribution in [0.1, 0.15) is 13.8 Å². The van der Waals surface area contributed by atoms with Gasteiger partial charge in [0.05, 0.1) is 0 Å². The van der Waals surface area contributed by atoms with E-state index in [0.29, 0.717) is 0 Å². The normalized spacial score (nSPS) is 11.6. The molecule has 0 aliphatic rings. The maximum absolute atomic E-state index is 10.6. The van der Waals surface area contributed by atoms with Crippen molar-refractivity contribution in [1.29, 1.82) is 0 Å². The van der Waals surface area contributed by atoms with Crippen LogP contribution >= 0.6 is 0 Å². The molecule has 11 heavy (non-hydrogen) atoms. The Bertz CT molecular complexity index is 206. The molecule has 0 aromatic rings. The van der Waals surface area contributed by atoms with Gasteiger partial charge in [-0.05, 0) is 0 Å². The molecule has 0 heterocycles. The molecule has 0 fully saturated rings. The van der Waals surface area contributed by atoms with E-state index in [4.69, 9.17) is 0 Å². The molecule has 0 aliphatic heterocycles. The number of allylic oxidation sites excluding steroid dienone is 4. The molecule has 0 aromatic carbocycles. The van der Waals surface area contributed by atoms with Gasteiger partial charge in [-0.15, -0.1) is 0 Å². The Morgan fingerprint density at radius 2 is 2.18 bits per heavy atom. The summed E-state index contributed by atoms with van der Waals surface area (Å²) in [6, 6.07) is 0. The number of hydrogen-bond acceptors (Lipinski definition) is 1. The van der Waals surface area contributed by atoms with E-state index >= 15 is 0 Å². The van der Waals surface area contributed by atoms with Crippen LogP contribution < -0.4 is 5.32 Å². The summed E-state index contributed by atoms with van der Waals surface area (Å²) in [7, 11) is 0. The Kier molecular flexibility index (Phi) is 5.95. The zero-order chi connectivity index (χ0) is 8.69. The van der Waals surface area contributed by atoms with E-state index in [1.807, 2.05) is 29.6 Å². The van der Waals surface area contributed by atoms with E-state index in [-0.39, 0.29) is 5.91 Å². The fraction of sp³-hybridized carbons (Fsp3) is 0.250. The van der Waals surface area contributed by atoms with Crippen LogP contribution in [0.5, 0.6) is 0 Å². The second-order valence-corrected chi connectivity index (χ2v) is 2.79. The summed E-state index contributed by atoms with van der Waals surface area (Å²) >= 11 is 1.32. The first kappa shape index (κ1) is 10.5. The van der Waals surface area contributed by atoms with E-state index in [0.717, 1.165) is 5.70 Å². The van der Waals surface area contributed by atoms with Crippen molar-refractivity contribution in [1.82, 2.24) is 5.32 Å². The van der Waals surface area contributed by atoms with Gasteiger partial charge < -0.3 is 0 Å². The number of carbonyl (C=O) groups excluding carboxylic acids is 1. The molecule has 0 atom stereocenters. The summed E-state index contributed by atoms with van der Waals surface area (Å²) in [5.74, 6) is -0.0294. The van der Waals surface area contributed by atoms with Gasteiger partial charge in [-0.3, -0.25) is 0 Å². The van der Waals surface area contributed by atoms with Gasteiger partial charge >= 0.3 is 77.5 Å². The van der Waals surface area contributed by atoms with Gasteiger partial charge in [-0.1, -0.05) is 0 Å². The Morgan fingerprint density at radius 3 is 2.55 bits per heavy atom. The second kappa shape index (κ2) is 6.23. The summed E-state index contributed by atoms with van der Waals surface area (Å²) in [4.78, 5) is 10.6. The molecule has 0 spiro atoms. The number of nitrogens with one attached hydrogen (secondary N) is 1. The van der Waals surface area contributed by atoms with Crippen LogP contribution in [0.2, 0.25) is 0 Å². The third-order valence-corrected chi connectivity index (χ3v) is 1.83. The fourth-order valence-electron chi connectivity index (χ4n) is 0.514. The van der Waals surface area contributed by atoms with Crippen molar-refractivity contribution >= 4 is 10.3 Å². The van der Waals surface area contributed by atoms with E-state index in [2.05, 4.69) is 5.32 Å². The number of amides is 1. The molecular formula is C8H11NOW. The van der Waals surface area contributed by atoms with Crippen LogP contribution in [0, 0.1) is 0 Å². The number of hydrogen-bond donors (Lipinski definition) is 1. The minimum atomic E-state index is -0.0294. The Morgan fingerprint density at radius 1 is 1.55 bits per heavy atom. The van der Waals surface area contributed by atoms with Crippen LogP contribution in [0.3, 0.4) is 0 Å². The summed E-state index contributed by atoms with van der Waals surface area (Å²) in [6.45, 7) is 3.44. The topological polar surface area (TPSA) is 29.1 Å². The van der Waals surface area contributed by atoms with Crippen molar-refractivity contribution in [3.05, 3.63) is 23.9 Å². The van der Waals surface area contributed by atoms with Crippen molar-refractivity contribution in [3.8, 4) is 0 Å². The van der Waals surface area contributed by atoms with Crippen LogP contribution in [0.25, 0.3) is 0 Å². The summed E-state index contributed by atoms with van der Waals surface area (Å²) in [5.41, 5.74) is 0.866. The molecule has 0 aromatic heterocycles. The van der Waals surface area contributed by atoms with Crippen LogP contribution in [0.15, 0.2) is 23.9 Å². The van der Waals surface area contributed by atoms with Crippen molar-refractivity contribution in [2.75, 3.05) is 0 Å². The molecule has 0 bridgehead atoms. The Hall–Kier alpha value is -0.492. The quantitative estimate of drug-likeness (QED) is 0.770. The average molecular weight is 321 g/mol. The van der Waals surface area contributed by atoms with Crippen molar-refractivity contribution in [3.63, 3.8) is 0 Å². The van der Waals surface area contributed by atoms with Crippen molar-refractivity contribution in [2.24, 2.45) is 0 Å². The van der Waals surface area contributed by atoms with Crippen LogP contribution in [-0.2, 0) is 24.1 Å². The predicted molar refractivity (Wildman–Crippen MR) is 42.8 cm³/mol. The second-order valence-electron chi connectivity index (χ2n) is 1.95. The van der Waals surface area contributed by atoms with Crippen molar-refractivity contribution in [2.45, 2.75) is 13.8 Å².